The molecule has 1 N–H and O–H groups in total. The second-order valence-corrected chi connectivity index (χ2v) is 4.77. The van der Waals surface area contributed by atoms with Gasteiger partial charge in [-0.15, -0.1) is 0 Å². The molecule has 3 nitrogen and oxygen atoms in total. The maximum absolute atomic E-state index is 9.36. The van der Waals surface area contributed by atoms with Crippen molar-refractivity contribution in [2.45, 2.75) is 6.54 Å². The molecule has 0 fully saturated rings. The van der Waals surface area contributed by atoms with Crippen molar-refractivity contribution in [2.24, 2.45) is 4.99 Å². The van der Waals surface area contributed by atoms with Crippen LogP contribution >= 0.6 is 0 Å². The Hall–Kier alpha value is -2.81. The smallest absolute Gasteiger partial charge is 0.115 e. The minimum atomic E-state index is 0.269. The van der Waals surface area contributed by atoms with E-state index in [1.165, 1.54) is 5.56 Å². The van der Waals surface area contributed by atoms with E-state index < -0.39 is 0 Å². The molecule has 0 bridgehead atoms. The molecule has 0 atom stereocenters. The van der Waals surface area contributed by atoms with Gasteiger partial charge in [0.25, 0.3) is 0 Å². The lowest BCUT2D eigenvalue weighted by Gasteiger charge is -2.06. The number of phenols is 1. The molecule has 104 valence electrons. The SMILES string of the molecule is Oc1ccc(-n2cccc2C=NCc2ccccc2)cc1. The molecule has 1 heterocycles. The van der Waals surface area contributed by atoms with Crippen molar-refractivity contribution >= 4 is 6.21 Å². The van der Waals surface area contributed by atoms with E-state index in [1.807, 2.05) is 59.4 Å². The van der Waals surface area contributed by atoms with Crippen molar-refractivity contribution in [3.63, 3.8) is 0 Å². The Kier molecular flexibility index (Phi) is 3.83. The first-order valence-electron chi connectivity index (χ1n) is 6.83. The maximum Gasteiger partial charge on any atom is 0.115 e. The fourth-order valence-electron chi connectivity index (χ4n) is 2.18. The predicted molar refractivity (Wildman–Crippen MR) is 85.2 cm³/mol. The Balaban J connectivity index is 1.78. The normalized spacial score (nSPS) is 11.0. The van der Waals surface area contributed by atoms with Gasteiger partial charge in [-0.25, -0.2) is 0 Å². The first-order chi connectivity index (χ1) is 10.3. The van der Waals surface area contributed by atoms with Gasteiger partial charge in [0, 0.05) is 18.1 Å². The van der Waals surface area contributed by atoms with Crippen molar-refractivity contribution in [3.05, 3.63) is 84.2 Å². The topological polar surface area (TPSA) is 37.5 Å². The summed E-state index contributed by atoms with van der Waals surface area (Å²) in [5.41, 5.74) is 3.20. The Bertz CT molecular complexity index is 727. The van der Waals surface area contributed by atoms with Crippen molar-refractivity contribution < 1.29 is 5.11 Å². The fourth-order valence-corrected chi connectivity index (χ4v) is 2.18. The molecule has 0 aliphatic rings. The number of hydrogen-bond acceptors (Lipinski definition) is 2. The minimum absolute atomic E-state index is 0.269. The van der Waals surface area contributed by atoms with E-state index in [4.69, 9.17) is 0 Å². The molecule has 3 heteroatoms. The summed E-state index contributed by atoms with van der Waals surface area (Å²) in [6, 6.07) is 21.3. The summed E-state index contributed by atoms with van der Waals surface area (Å²) in [7, 11) is 0. The van der Waals surface area contributed by atoms with E-state index in [0.717, 1.165) is 11.4 Å². The molecule has 0 amide bonds. The van der Waals surface area contributed by atoms with Crippen LogP contribution in [0, 0.1) is 0 Å². The second-order valence-electron chi connectivity index (χ2n) is 4.77. The maximum atomic E-state index is 9.36. The van der Waals surface area contributed by atoms with E-state index in [2.05, 4.69) is 17.1 Å². The van der Waals surface area contributed by atoms with Gasteiger partial charge in [-0.05, 0) is 42.0 Å². The zero-order chi connectivity index (χ0) is 14.5. The number of rotatable bonds is 4. The van der Waals surface area contributed by atoms with E-state index in [0.29, 0.717) is 6.54 Å². The molecule has 21 heavy (non-hydrogen) atoms. The highest BCUT2D eigenvalue weighted by Crippen LogP contribution is 2.15. The molecule has 0 aliphatic carbocycles. The van der Waals surface area contributed by atoms with E-state index in [1.54, 1.807) is 12.1 Å². The van der Waals surface area contributed by atoms with Crippen molar-refractivity contribution in [1.29, 1.82) is 0 Å². The Labute approximate surface area is 123 Å². The van der Waals surface area contributed by atoms with Gasteiger partial charge in [0.15, 0.2) is 0 Å². The van der Waals surface area contributed by atoms with Crippen LogP contribution in [0.4, 0.5) is 0 Å². The third kappa shape index (κ3) is 3.20. The number of phenolic OH excluding ortho intramolecular Hbond substituents is 1. The first kappa shape index (κ1) is 13.2. The van der Waals surface area contributed by atoms with Crippen LogP contribution in [-0.2, 0) is 6.54 Å². The lowest BCUT2D eigenvalue weighted by Crippen LogP contribution is -1.97. The van der Waals surface area contributed by atoms with Crippen molar-refractivity contribution in [3.8, 4) is 11.4 Å². The number of aliphatic imine (C=N–C) groups is 1. The lowest BCUT2D eigenvalue weighted by atomic mass is 10.2. The summed E-state index contributed by atoms with van der Waals surface area (Å²) in [4.78, 5) is 4.49. The Morgan fingerprint density at radius 1 is 0.905 bits per heavy atom. The summed E-state index contributed by atoms with van der Waals surface area (Å²) in [5.74, 6) is 0.269. The summed E-state index contributed by atoms with van der Waals surface area (Å²) in [5, 5.41) is 9.36. The summed E-state index contributed by atoms with van der Waals surface area (Å²) < 4.78 is 2.04. The molecular formula is C18H16N2O. The molecule has 0 aliphatic heterocycles. The largest absolute Gasteiger partial charge is 0.508 e. The van der Waals surface area contributed by atoms with E-state index >= 15 is 0 Å². The summed E-state index contributed by atoms with van der Waals surface area (Å²) in [6.07, 6.45) is 3.86. The monoisotopic (exact) mass is 276 g/mol. The quantitative estimate of drug-likeness (QED) is 0.723. The van der Waals surface area contributed by atoms with Crippen molar-refractivity contribution in [2.75, 3.05) is 0 Å². The Morgan fingerprint density at radius 2 is 1.67 bits per heavy atom. The molecule has 0 saturated heterocycles. The zero-order valence-electron chi connectivity index (χ0n) is 11.6. The van der Waals surface area contributed by atoms with Crippen LogP contribution in [0.3, 0.4) is 0 Å². The average molecular weight is 276 g/mol. The lowest BCUT2D eigenvalue weighted by molar-refractivity contribution is 0.475. The molecule has 0 unspecified atom stereocenters. The van der Waals surface area contributed by atoms with Gasteiger partial charge in [0.1, 0.15) is 5.75 Å². The van der Waals surface area contributed by atoms with Crippen LogP contribution in [0.5, 0.6) is 5.75 Å². The number of hydrogen-bond donors (Lipinski definition) is 1. The molecule has 0 radical (unpaired) electrons. The third-order valence-corrected chi connectivity index (χ3v) is 3.25. The zero-order valence-corrected chi connectivity index (χ0v) is 11.6. The van der Waals surface area contributed by atoms with Gasteiger partial charge in [0.05, 0.1) is 12.2 Å². The summed E-state index contributed by atoms with van der Waals surface area (Å²) >= 11 is 0. The van der Waals surface area contributed by atoms with Crippen LogP contribution in [0.2, 0.25) is 0 Å². The highest BCUT2D eigenvalue weighted by atomic mass is 16.3. The molecule has 2 aromatic carbocycles. The van der Waals surface area contributed by atoms with Crippen molar-refractivity contribution in [1.82, 2.24) is 4.57 Å². The van der Waals surface area contributed by atoms with Crippen LogP contribution < -0.4 is 0 Å². The van der Waals surface area contributed by atoms with Crippen LogP contribution in [-0.4, -0.2) is 15.9 Å². The number of nitrogens with zero attached hydrogens (tertiary/aromatic N) is 2. The molecule has 3 aromatic rings. The number of benzene rings is 2. The fraction of sp³-hybridized carbons (Fsp3) is 0.0556. The first-order valence-corrected chi connectivity index (χ1v) is 6.83. The van der Waals surface area contributed by atoms with Gasteiger partial charge in [-0.2, -0.15) is 0 Å². The standard InChI is InChI=1S/C18H16N2O/c21-18-10-8-16(9-11-18)20-12-4-7-17(20)14-19-13-15-5-2-1-3-6-15/h1-12,14,21H,13H2. The van der Waals surface area contributed by atoms with Gasteiger partial charge in [-0.1, -0.05) is 30.3 Å². The van der Waals surface area contributed by atoms with Gasteiger partial charge < -0.3 is 9.67 Å². The third-order valence-electron chi connectivity index (χ3n) is 3.25. The second kappa shape index (κ2) is 6.09. The summed E-state index contributed by atoms with van der Waals surface area (Å²) in [6.45, 7) is 0.668. The van der Waals surface area contributed by atoms with Crippen LogP contribution in [0.25, 0.3) is 5.69 Å². The highest BCUT2D eigenvalue weighted by molar-refractivity contribution is 5.78. The highest BCUT2D eigenvalue weighted by Gasteiger charge is 2.01. The van der Waals surface area contributed by atoms with E-state index in [9.17, 15) is 5.11 Å². The van der Waals surface area contributed by atoms with Gasteiger partial charge >= 0.3 is 0 Å². The minimum Gasteiger partial charge on any atom is -0.508 e. The molecule has 0 spiro atoms. The number of aromatic nitrogens is 1. The average Bonchev–Trinajstić information content (AvgIpc) is 2.98. The van der Waals surface area contributed by atoms with Crippen LogP contribution in [0.1, 0.15) is 11.3 Å². The molecular weight excluding hydrogens is 260 g/mol. The van der Waals surface area contributed by atoms with Gasteiger partial charge in [0.2, 0.25) is 0 Å². The number of aromatic hydroxyl groups is 1. The predicted octanol–water partition coefficient (Wildman–Crippen LogP) is 3.80. The van der Waals surface area contributed by atoms with E-state index in [-0.39, 0.29) is 5.75 Å². The Morgan fingerprint density at radius 3 is 2.43 bits per heavy atom. The molecule has 3 rings (SSSR count). The molecule has 1 aromatic heterocycles. The van der Waals surface area contributed by atoms with Gasteiger partial charge in [-0.3, -0.25) is 4.99 Å². The molecule has 0 saturated carbocycles. The van der Waals surface area contributed by atoms with Crippen LogP contribution in [0.15, 0.2) is 77.9 Å².